The van der Waals surface area contributed by atoms with Crippen LogP contribution in [0.25, 0.3) is 5.65 Å². The van der Waals surface area contributed by atoms with Crippen molar-refractivity contribution < 1.29 is 0 Å². The molecule has 0 bridgehead atoms. The number of hydrogen-bond donors (Lipinski definition) is 1. The molecular formula is C12H17N3S. The van der Waals surface area contributed by atoms with Gasteiger partial charge in [-0.05, 0) is 43.4 Å². The summed E-state index contributed by atoms with van der Waals surface area (Å²) in [7, 11) is 0. The molecule has 0 radical (unpaired) electrons. The van der Waals surface area contributed by atoms with Gasteiger partial charge < -0.3 is 5.73 Å². The lowest BCUT2D eigenvalue weighted by molar-refractivity contribution is 0.908. The molecule has 0 aliphatic rings. The predicted molar refractivity (Wildman–Crippen MR) is 71.0 cm³/mol. The summed E-state index contributed by atoms with van der Waals surface area (Å²) in [5.41, 5.74) is 9.26. The molecule has 2 N–H and O–H groups in total. The molecule has 2 aromatic rings. The van der Waals surface area contributed by atoms with E-state index >= 15 is 0 Å². The van der Waals surface area contributed by atoms with Crippen molar-refractivity contribution in [2.45, 2.75) is 19.8 Å². The Balaban J connectivity index is 2.29. The van der Waals surface area contributed by atoms with Crippen molar-refractivity contribution in [3.8, 4) is 0 Å². The van der Waals surface area contributed by atoms with Crippen molar-refractivity contribution in [1.29, 1.82) is 0 Å². The van der Waals surface area contributed by atoms with E-state index in [2.05, 4.69) is 24.2 Å². The second-order valence-corrected chi connectivity index (χ2v) is 4.96. The molecule has 0 saturated carbocycles. The molecule has 0 unspecified atom stereocenters. The van der Waals surface area contributed by atoms with Crippen molar-refractivity contribution in [3.63, 3.8) is 0 Å². The van der Waals surface area contributed by atoms with Gasteiger partial charge in [-0.25, -0.2) is 4.98 Å². The first-order valence-corrected chi connectivity index (χ1v) is 6.83. The van der Waals surface area contributed by atoms with E-state index in [1.807, 2.05) is 28.4 Å². The molecule has 4 heteroatoms. The van der Waals surface area contributed by atoms with E-state index in [9.17, 15) is 0 Å². The smallest absolute Gasteiger partial charge is 0.138 e. The van der Waals surface area contributed by atoms with Gasteiger partial charge in [0.05, 0.1) is 5.69 Å². The highest BCUT2D eigenvalue weighted by atomic mass is 32.2. The number of fused-ring (bicyclic) bond motifs is 1. The number of hydrogen-bond acceptors (Lipinski definition) is 3. The zero-order valence-electron chi connectivity index (χ0n) is 9.73. The second-order valence-electron chi connectivity index (χ2n) is 3.97. The molecule has 86 valence electrons. The summed E-state index contributed by atoms with van der Waals surface area (Å²) in [6, 6.07) is 4.08. The summed E-state index contributed by atoms with van der Waals surface area (Å²) in [6.45, 7) is 2.06. The third-order valence-electron chi connectivity index (χ3n) is 2.64. The molecule has 0 spiro atoms. The number of nitrogen functional groups attached to an aromatic ring is 1. The SMILES string of the molecule is CSCCCc1nc2ccc(C)cn2c1N. The second kappa shape index (κ2) is 4.78. The highest BCUT2D eigenvalue weighted by Gasteiger charge is 2.08. The van der Waals surface area contributed by atoms with Crippen molar-refractivity contribution in [2.24, 2.45) is 0 Å². The maximum absolute atomic E-state index is 6.08. The fourth-order valence-electron chi connectivity index (χ4n) is 1.79. The number of pyridine rings is 1. The minimum absolute atomic E-state index is 0.791. The first-order chi connectivity index (χ1) is 7.72. The minimum Gasteiger partial charge on any atom is -0.383 e. The molecule has 0 saturated heterocycles. The van der Waals surface area contributed by atoms with Crippen LogP contribution in [0.15, 0.2) is 18.3 Å². The van der Waals surface area contributed by atoms with Crippen LogP contribution in [0.5, 0.6) is 0 Å². The van der Waals surface area contributed by atoms with Gasteiger partial charge in [-0.2, -0.15) is 11.8 Å². The zero-order valence-corrected chi connectivity index (χ0v) is 10.5. The Labute approximate surface area is 100 Å². The average molecular weight is 235 g/mol. The minimum atomic E-state index is 0.791. The molecule has 0 aliphatic carbocycles. The number of nitrogens with zero attached hydrogens (tertiary/aromatic N) is 2. The summed E-state index contributed by atoms with van der Waals surface area (Å²) in [6.07, 6.45) is 6.26. The van der Waals surface area contributed by atoms with Crippen molar-refractivity contribution in [1.82, 2.24) is 9.38 Å². The molecule has 3 nitrogen and oxygen atoms in total. The largest absolute Gasteiger partial charge is 0.383 e. The molecule has 0 fully saturated rings. The highest BCUT2D eigenvalue weighted by molar-refractivity contribution is 7.98. The number of aryl methyl sites for hydroxylation is 2. The standard InChI is InChI=1S/C12H17N3S/c1-9-5-6-11-14-10(4-3-7-16-2)12(13)15(11)8-9/h5-6,8H,3-4,7,13H2,1-2H3. The highest BCUT2D eigenvalue weighted by Crippen LogP contribution is 2.17. The molecule has 16 heavy (non-hydrogen) atoms. The van der Waals surface area contributed by atoms with E-state index in [1.54, 1.807) is 0 Å². The van der Waals surface area contributed by atoms with E-state index in [0.717, 1.165) is 35.8 Å². The maximum Gasteiger partial charge on any atom is 0.138 e. The fraction of sp³-hybridized carbons (Fsp3) is 0.417. The van der Waals surface area contributed by atoms with Crippen LogP contribution in [0.1, 0.15) is 17.7 Å². The van der Waals surface area contributed by atoms with Gasteiger partial charge >= 0.3 is 0 Å². The van der Waals surface area contributed by atoms with Crippen molar-refractivity contribution in [3.05, 3.63) is 29.6 Å². The number of rotatable bonds is 4. The number of anilines is 1. The lowest BCUT2D eigenvalue weighted by Crippen LogP contribution is -1.97. The van der Waals surface area contributed by atoms with Gasteiger partial charge in [-0.3, -0.25) is 4.40 Å². The average Bonchev–Trinajstić information content (AvgIpc) is 2.57. The summed E-state index contributed by atoms with van der Waals surface area (Å²) in [5, 5.41) is 0. The van der Waals surface area contributed by atoms with E-state index in [1.165, 1.54) is 5.56 Å². The van der Waals surface area contributed by atoms with Gasteiger partial charge in [-0.15, -0.1) is 0 Å². The molecule has 2 aromatic heterocycles. The number of nitrogens with two attached hydrogens (primary N) is 1. The van der Waals surface area contributed by atoms with Crippen molar-refractivity contribution in [2.75, 3.05) is 17.7 Å². The van der Waals surface area contributed by atoms with Crippen LogP contribution in [0, 0.1) is 6.92 Å². The fourth-order valence-corrected chi connectivity index (χ4v) is 2.22. The molecule has 0 aliphatic heterocycles. The molecule has 2 heterocycles. The van der Waals surface area contributed by atoms with Crippen molar-refractivity contribution >= 4 is 23.2 Å². The van der Waals surface area contributed by atoms with Gasteiger partial charge in [0.2, 0.25) is 0 Å². The van der Waals surface area contributed by atoms with E-state index in [-0.39, 0.29) is 0 Å². The quantitative estimate of drug-likeness (QED) is 0.828. The van der Waals surface area contributed by atoms with Crippen LogP contribution in [0.3, 0.4) is 0 Å². The van der Waals surface area contributed by atoms with Crippen LogP contribution in [-0.4, -0.2) is 21.4 Å². The monoisotopic (exact) mass is 235 g/mol. The Hall–Kier alpha value is -1.16. The Morgan fingerprint density at radius 1 is 1.44 bits per heavy atom. The third kappa shape index (κ3) is 2.16. The topological polar surface area (TPSA) is 43.3 Å². The van der Waals surface area contributed by atoms with Crippen LogP contribution in [0.4, 0.5) is 5.82 Å². The van der Waals surface area contributed by atoms with Gasteiger partial charge in [0.25, 0.3) is 0 Å². The van der Waals surface area contributed by atoms with Crippen LogP contribution in [-0.2, 0) is 6.42 Å². The predicted octanol–water partition coefficient (Wildman–Crippen LogP) is 2.52. The Bertz CT molecular complexity index is 490. The molecule has 0 atom stereocenters. The first kappa shape index (κ1) is 11.3. The van der Waals surface area contributed by atoms with E-state index < -0.39 is 0 Å². The lowest BCUT2D eigenvalue weighted by Gasteiger charge is -1.99. The maximum atomic E-state index is 6.08. The summed E-state index contributed by atoms with van der Waals surface area (Å²) in [5.74, 6) is 1.95. The molecular weight excluding hydrogens is 218 g/mol. The Kier molecular flexibility index (Phi) is 3.39. The normalized spacial score (nSPS) is 11.1. The summed E-state index contributed by atoms with van der Waals surface area (Å²) in [4.78, 5) is 4.55. The number of imidazole rings is 1. The Morgan fingerprint density at radius 3 is 3.00 bits per heavy atom. The summed E-state index contributed by atoms with van der Waals surface area (Å²) < 4.78 is 1.98. The van der Waals surface area contributed by atoms with Crippen LogP contribution in [0.2, 0.25) is 0 Å². The van der Waals surface area contributed by atoms with Crippen LogP contribution < -0.4 is 5.73 Å². The van der Waals surface area contributed by atoms with E-state index in [0.29, 0.717) is 0 Å². The van der Waals surface area contributed by atoms with Gasteiger partial charge in [0.15, 0.2) is 0 Å². The zero-order chi connectivity index (χ0) is 11.5. The molecule has 0 aromatic carbocycles. The van der Waals surface area contributed by atoms with Gasteiger partial charge in [0.1, 0.15) is 11.5 Å². The number of thioether (sulfide) groups is 1. The first-order valence-electron chi connectivity index (χ1n) is 5.44. The summed E-state index contributed by atoms with van der Waals surface area (Å²) >= 11 is 1.86. The van der Waals surface area contributed by atoms with Crippen LogP contribution >= 0.6 is 11.8 Å². The van der Waals surface area contributed by atoms with Gasteiger partial charge in [-0.1, -0.05) is 6.07 Å². The molecule has 0 amide bonds. The Morgan fingerprint density at radius 2 is 2.25 bits per heavy atom. The lowest BCUT2D eigenvalue weighted by atomic mass is 10.2. The van der Waals surface area contributed by atoms with Gasteiger partial charge in [0, 0.05) is 6.20 Å². The van der Waals surface area contributed by atoms with E-state index in [4.69, 9.17) is 5.73 Å². The third-order valence-corrected chi connectivity index (χ3v) is 3.34. The molecule has 2 rings (SSSR count). The number of aromatic nitrogens is 2.